The maximum atomic E-state index is 10.2. The highest BCUT2D eigenvalue weighted by Gasteiger charge is 2.14. The van der Waals surface area contributed by atoms with Gasteiger partial charge in [0.05, 0.1) is 20.4 Å². The zero-order valence-corrected chi connectivity index (χ0v) is 20.7. The molecular weight excluding hydrogens is 474 g/mol. The van der Waals surface area contributed by atoms with Crippen molar-refractivity contribution in [1.82, 2.24) is 4.68 Å². The second-order valence-corrected chi connectivity index (χ2v) is 8.84. The molecule has 0 fully saturated rings. The van der Waals surface area contributed by atoms with Crippen molar-refractivity contribution in [2.45, 2.75) is 6.42 Å². The lowest BCUT2D eigenvalue weighted by molar-refractivity contribution is 0.340. The molecule has 0 aliphatic rings. The molecule has 0 bridgehead atoms. The van der Waals surface area contributed by atoms with E-state index in [-0.39, 0.29) is 5.75 Å². The summed E-state index contributed by atoms with van der Waals surface area (Å²) in [4.78, 5) is 5.58. The number of rotatable bonds is 8. The summed E-state index contributed by atoms with van der Waals surface area (Å²) in [7, 11) is 2.99. The Morgan fingerprint density at radius 3 is 2.42 bits per heavy atom. The summed E-state index contributed by atoms with van der Waals surface area (Å²) < 4.78 is 18.5. The van der Waals surface area contributed by atoms with Gasteiger partial charge in [0.15, 0.2) is 17.3 Å². The van der Waals surface area contributed by atoms with Crippen LogP contribution in [0.5, 0.6) is 17.2 Å². The smallest absolute Gasteiger partial charge is 0.206 e. The SMILES string of the molecule is COc1cc(C=Nn2c(-c3cc4ccccc4o3)csc2=NCCc2ccccc2)cc(OC)c1O. The summed E-state index contributed by atoms with van der Waals surface area (Å²) in [6.45, 7) is 0.625. The minimum absolute atomic E-state index is 0.0556. The van der Waals surface area contributed by atoms with E-state index < -0.39 is 0 Å². The molecule has 5 rings (SSSR count). The average Bonchev–Trinajstić information content (AvgIpc) is 3.52. The molecule has 0 saturated carbocycles. The lowest BCUT2D eigenvalue weighted by atomic mass is 10.2. The van der Waals surface area contributed by atoms with E-state index in [0.717, 1.165) is 27.9 Å². The van der Waals surface area contributed by atoms with E-state index in [9.17, 15) is 5.11 Å². The zero-order valence-electron chi connectivity index (χ0n) is 19.9. The third-order valence-corrected chi connectivity index (χ3v) is 6.53. The molecule has 3 aromatic carbocycles. The van der Waals surface area contributed by atoms with Crippen LogP contribution in [0.25, 0.3) is 22.4 Å². The van der Waals surface area contributed by atoms with Gasteiger partial charge in [0.1, 0.15) is 11.3 Å². The van der Waals surface area contributed by atoms with Crippen molar-refractivity contribution in [3.8, 4) is 28.7 Å². The summed E-state index contributed by atoms with van der Waals surface area (Å²) in [6, 6.07) is 23.6. The van der Waals surface area contributed by atoms with Crippen LogP contribution in [0, 0.1) is 0 Å². The number of hydrogen-bond donors (Lipinski definition) is 1. The number of ether oxygens (including phenoxy) is 2. The van der Waals surface area contributed by atoms with Crippen LogP contribution in [0.4, 0.5) is 0 Å². The first-order valence-electron chi connectivity index (χ1n) is 11.4. The van der Waals surface area contributed by atoms with Gasteiger partial charge in [0.2, 0.25) is 10.6 Å². The van der Waals surface area contributed by atoms with Crippen molar-refractivity contribution in [2.24, 2.45) is 10.1 Å². The third kappa shape index (κ3) is 4.89. The number of aromatic nitrogens is 1. The Morgan fingerprint density at radius 2 is 1.69 bits per heavy atom. The monoisotopic (exact) mass is 499 g/mol. The molecule has 0 aliphatic carbocycles. The van der Waals surface area contributed by atoms with Crippen LogP contribution < -0.4 is 14.3 Å². The fourth-order valence-electron chi connectivity index (χ4n) is 3.84. The maximum Gasteiger partial charge on any atom is 0.206 e. The van der Waals surface area contributed by atoms with Gasteiger partial charge in [0.25, 0.3) is 0 Å². The second-order valence-electron chi connectivity index (χ2n) is 8.00. The predicted octanol–water partition coefficient (Wildman–Crippen LogP) is 5.71. The number of nitrogens with zero attached hydrogens (tertiary/aromatic N) is 3. The minimum atomic E-state index is -0.0556. The lowest BCUT2D eigenvalue weighted by Gasteiger charge is -2.09. The molecule has 0 amide bonds. The van der Waals surface area contributed by atoms with Crippen molar-refractivity contribution in [2.75, 3.05) is 20.8 Å². The van der Waals surface area contributed by atoms with E-state index in [1.54, 1.807) is 23.0 Å². The number of methoxy groups -OCH3 is 2. The molecule has 0 atom stereocenters. The molecule has 8 heteroatoms. The molecule has 0 saturated heterocycles. The summed E-state index contributed by atoms with van der Waals surface area (Å²) in [5, 5.41) is 18.0. The predicted molar refractivity (Wildman–Crippen MR) is 142 cm³/mol. The molecule has 1 N–H and O–H groups in total. The Kier molecular flexibility index (Phi) is 6.86. The second kappa shape index (κ2) is 10.5. The highest BCUT2D eigenvalue weighted by atomic mass is 32.1. The van der Waals surface area contributed by atoms with E-state index in [1.807, 2.05) is 53.9 Å². The number of benzene rings is 3. The van der Waals surface area contributed by atoms with Gasteiger partial charge in [-0.15, -0.1) is 11.3 Å². The quantitative estimate of drug-likeness (QED) is 0.277. The minimum Gasteiger partial charge on any atom is -0.502 e. The van der Waals surface area contributed by atoms with Crippen LogP contribution in [0.1, 0.15) is 11.1 Å². The molecule has 5 aromatic rings. The Morgan fingerprint density at radius 1 is 0.972 bits per heavy atom. The van der Waals surface area contributed by atoms with Crippen LogP contribution in [0.3, 0.4) is 0 Å². The number of hydrogen-bond acceptors (Lipinski definition) is 7. The van der Waals surface area contributed by atoms with Gasteiger partial charge >= 0.3 is 0 Å². The molecule has 2 heterocycles. The van der Waals surface area contributed by atoms with Crippen LogP contribution >= 0.6 is 11.3 Å². The van der Waals surface area contributed by atoms with E-state index in [2.05, 4.69) is 12.1 Å². The maximum absolute atomic E-state index is 10.2. The van der Waals surface area contributed by atoms with E-state index in [0.29, 0.717) is 29.4 Å². The van der Waals surface area contributed by atoms with E-state index in [4.69, 9.17) is 24.0 Å². The van der Waals surface area contributed by atoms with E-state index in [1.165, 1.54) is 31.1 Å². The number of aromatic hydroxyl groups is 1. The fourth-order valence-corrected chi connectivity index (χ4v) is 4.68. The summed E-state index contributed by atoms with van der Waals surface area (Å²) >= 11 is 1.50. The van der Waals surface area contributed by atoms with Crippen molar-refractivity contribution < 1.29 is 19.0 Å². The molecule has 7 nitrogen and oxygen atoms in total. The summed E-state index contributed by atoms with van der Waals surface area (Å²) in [6.07, 6.45) is 2.51. The van der Waals surface area contributed by atoms with Crippen molar-refractivity contribution in [3.63, 3.8) is 0 Å². The first kappa shape index (κ1) is 23.4. The van der Waals surface area contributed by atoms with Crippen LogP contribution in [-0.2, 0) is 6.42 Å². The number of phenols is 1. The molecule has 0 radical (unpaired) electrons. The Labute approximate surface area is 212 Å². The molecule has 36 heavy (non-hydrogen) atoms. The fraction of sp³-hybridized carbons (Fsp3) is 0.143. The highest BCUT2D eigenvalue weighted by Crippen LogP contribution is 2.36. The van der Waals surface area contributed by atoms with Crippen molar-refractivity contribution in [3.05, 3.63) is 94.1 Å². The average molecular weight is 500 g/mol. The third-order valence-electron chi connectivity index (χ3n) is 5.68. The largest absolute Gasteiger partial charge is 0.502 e. The van der Waals surface area contributed by atoms with Crippen LogP contribution in [0.15, 0.2) is 92.7 Å². The van der Waals surface area contributed by atoms with Gasteiger partial charge in [-0.25, -0.2) is 4.68 Å². The van der Waals surface area contributed by atoms with Gasteiger partial charge in [0, 0.05) is 22.9 Å². The van der Waals surface area contributed by atoms with Gasteiger partial charge in [-0.2, -0.15) is 5.10 Å². The normalized spacial score (nSPS) is 12.0. The van der Waals surface area contributed by atoms with Gasteiger partial charge < -0.3 is 19.0 Å². The number of phenolic OH excluding ortho intramolecular Hbond substituents is 1. The molecule has 0 unspecified atom stereocenters. The van der Waals surface area contributed by atoms with Gasteiger partial charge in [-0.05, 0) is 36.2 Å². The summed E-state index contributed by atoms with van der Waals surface area (Å²) in [5.41, 5.74) is 3.54. The first-order chi connectivity index (χ1) is 17.7. The lowest BCUT2D eigenvalue weighted by Crippen LogP contribution is -2.13. The standard InChI is InChI=1S/C28H25N3O4S/c1-33-25-14-20(15-26(34-2)27(25)32)17-30-31-22(24-16-21-10-6-7-11-23(21)35-24)18-36-28(31)29-13-12-19-8-4-3-5-9-19/h3-11,14-18,32H,12-13H2,1-2H3. The van der Waals surface area contributed by atoms with Gasteiger partial charge in [-0.3, -0.25) is 4.99 Å². The summed E-state index contributed by atoms with van der Waals surface area (Å²) in [5.74, 6) is 1.25. The number of thiazole rings is 1. The highest BCUT2D eigenvalue weighted by molar-refractivity contribution is 7.07. The topological polar surface area (TPSA) is 81.5 Å². The molecule has 0 aliphatic heterocycles. The first-order valence-corrected chi connectivity index (χ1v) is 12.3. The number of furan rings is 1. The molecular formula is C28H25N3O4S. The molecule has 0 spiro atoms. The van der Waals surface area contributed by atoms with Gasteiger partial charge in [-0.1, -0.05) is 48.5 Å². The van der Waals surface area contributed by atoms with Crippen molar-refractivity contribution >= 4 is 28.5 Å². The number of fused-ring (bicyclic) bond motifs is 1. The molecule has 2 aromatic heterocycles. The Balaban J connectivity index is 1.55. The Hall–Kier alpha value is -4.30. The van der Waals surface area contributed by atoms with E-state index >= 15 is 0 Å². The Bertz CT molecular complexity index is 1520. The van der Waals surface area contributed by atoms with Crippen molar-refractivity contribution in [1.29, 1.82) is 0 Å². The molecule has 182 valence electrons. The zero-order chi connectivity index (χ0) is 24.9. The van der Waals surface area contributed by atoms with Crippen LogP contribution in [-0.4, -0.2) is 36.8 Å². The number of para-hydroxylation sites is 1. The van der Waals surface area contributed by atoms with Crippen LogP contribution in [0.2, 0.25) is 0 Å².